The molecule has 1 aliphatic rings. The van der Waals surface area contributed by atoms with Crippen molar-refractivity contribution < 1.29 is 39.4 Å². The molecule has 1 N–H and O–H groups in total. The zero-order chi connectivity index (χ0) is 10.7. The van der Waals surface area contributed by atoms with E-state index in [0.29, 0.717) is 0 Å². The fourth-order valence-corrected chi connectivity index (χ4v) is 1.98. The topological polar surface area (TPSA) is 15.0 Å². The zero-order valence-corrected chi connectivity index (χ0v) is 13.1. The Morgan fingerprint density at radius 3 is 2.18 bits per heavy atom. The molecular weight excluding hydrogens is 417 g/mol. The van der Waals surface area contributed by atoms with Gasteiger partial charge in [-0.15, -0.1) is 0 Å². The van der Waals surface area contributed by atoms with Crippen LogP contribution in [-0.2, 0) is 22.4 Å². The quantitative estimate of drug-likeness (QED) is 0.217. The van der Waals surface area contributed by atoms with Crippen LogP contribution in [0.4, 0.5) is 5.69 Å². The van der Waals surface area contributed by atoms with Gasteiger partial charge in [-0.25, -0.2) is 0 Å². The second kappa shape index (κ2) is 7.93. The van der Waals surface area contributed by atoms with Gasteiger partial charge in [-0.2, -0.15) is 0 Å². The second-order valence-corrected chi connectivity index (χ2v) is 4.20. The summed E-state index contributed by atoms with van der Waals surface area (Å²) in [4.78, 5) is 0. The van der Waals surface area contributed by atoms with Crippen LogP contribution in [0, 0.1) is 13.8 Å². The third kappa shape index (κ3) is 4.47. The molecule has 0 aromatic heterocycles. The van der Waals surface area contributed by atoms with E-state index in [9.17, 15) is 0 Å². The summed E-state index contributed by atoms with van der Waals surface area (Å²) in [6.45, 7) is 6.53. The number of hydrogen-bond donors (Lipinski definition) is 1. The maximum absolute atomic E-state index is 3.30. The number of halogens is 1. The van der Waals surface area contributed by atoms with Crippen molar-refractivity contribution >= 4 is 12.0 Å². The van der Waals surface area contributed by atoms with Crippen LogP contribution in [0.2, 0.25) is 0 Å². The Hall–Kier alpha value is -0.280. The maximum Gasteiger partial charge on any atom is 1.00 e. The van der Waals surface area contributed by atoms with E-state index < -0.39 is 0 Å². The van der Waals surface area contributed by atoms with Crippen molar-refractivity contribution in [1.29, 1.82) is 0 Å². The molecule has 17 heavy (non-hydrogen) atoms. The number of para-hydroxylation sites is 1. The van der Waals surface area contributed by atoms with Gasteiger partial charge in [0.05, 0.1) is 13.1 Å². The molecule has 4 heteroatoms. The van der Waals surface area contributed by atoms with Crippen LogP contribution in [0.1, 0.15) is 24.0 Å². The smallest absolute Gasteiger partial charge is 1.00 e. The van der Waals surface area contributed by atoms with Crippen LogP contribution >= 0.6 is 0 Å². The fourth-order valence-electron chi connectivity index (χ4n) is 1.98. The molecule has 2 rings (SSSR count). The summed E-state index contributed by atoms with van der Waals surface area (Å²) in [5, 5.41) is 3.30. The van der Waals surface area contributed by atoms with Crippen LogP contribution in [0.15, 0.2) is 18.2 Å². The third-order valence-corrected chi connectivity index (χ3v) is 2.93. The first-order chi connectivity index (χ1) is 7.27. The zero-order valence-electron chi connectivity index (χ0n) is 10.2. The molecule has 1 saturated heterocycles. The Kier molecular flexibility index (Phi) is 7.80. The summed E-state index contributed by atoms with van der Waals surface area (Å²) in [7, 11) is 0. The molecule has 0 bridgehead atoms. The first-order valence-electron chi connectivity index (χ1n) is 5.60. The summed E-state index contributed by atoms with van der Waals surface area (Å²) in [6.07, 6.45) is 5.85. The monoisotopic (exact) mass is 434 g/mol. The van der Waals surface area contributed by atoms with Gasteiger partial charge >= 0.3 is 22.4 Å². The molecule has 0 amide bonds. The van der Waals surface area contributed by atoms with E-state index in [1.54, 1.807) is 0 Å². The Morgan fingerprint density at radius 2 is 1.65 bits per heavy atom. The predicted octanol–water partition coefficient (Wildman–Crippen LogP) is -0.572. The maximum atomic E-state index is 3.30. The van der Waals surface area contributed by atoms with Crippen molar-refractivity contribution in [3.05, 3.63) is 29.3 Å². The molecule has 0 aliphatic carbocycles. The average Bonchev–Trinajstić information content (AvgIpc) is 2.70. The Morgan fingerprint density at radius 1 is 1.12 bits per heavy atom. The number of hydrogen-bond acceptors (Lipinski definition) is 0. The molecule has 1 fully saturated rings. The molecule has 0 atom stereocenters. The van der Waals surface area contributed by atoms with Gasteiger partial charge in [0.15, 0.2) is 0 Å². The Balaban J connectivity index is 0.00000128. The van der Waals surface area contributed by atoms with E-state index in [-0.39, 0.29) is 34.8 Å². The summed E-state index contributed by atoms with van der Waals surface area (Å²) in [5.41, 5.74) is 3.76. The van der Waals surface area contributed by atoms with Crippen LogP contribution in [0.3, 0.4) is 0 Å². The molecule has 2 nitrogen and oxygen atoms in total. The minimum atomic E-state index is 0. The summed E-state index contributed by atoms with van der Waals surface area (Å²) in [6, 6.07) is 6.34. The van der Waals surface area contributed by atoms with E-state index in [0.717, 1.165) is 13.1 Å². The molecule has 1 aliphatic heterocycles. The van der Waals surface area contributed by atoms with E-state index in [1.165, 1.54) is 29.7 Å². The number of benzene rings is 1. The van der Waals surface area contributed by atoms with Gasteiger partial charge in [0.2, 0.25) is 0 Å². The minimum absolute atomic E-state index is 0. The third-order valence-electron chi connectivity index (χ3n) is 2.93. The number of rotatable bonds is 2. The molecule has 0 saturated carbocycles. The SMILES string of the molecule is Cc1cccc(C)c1N[C-]=[N+]1CCCC1.[Au+].[Cl-]. The van der Waals surface area contributed by atoms with E-state index in [1.807, 2.05) is 0 Å². The Labute approximate surface area is 125 Å². The van der Waals surface area contributed by atoms with E-state index in [4.69, 9.17) is 0 Å². The van der Waals surface area contributed by atoms with Crippen molar-refractivity contribution in [2.45, 2.75) is 26.7 Å². The van der Waals surface area contributed by atoms with Gasteiger partial charge in [0, 0.05) is 0 Å². The molecule has 1 aromatic carbocycles. The number of nitrogens with one attached hydrogen (secondary N) is 1. The molecular formula is C13H18AuClN2. The van der Waals surface area contributed by atoms with Crippen molar-refractivity contribution in [2.24, 2.45) is 0 Å². The van der Waals surface area contributed by atoms with Crippen molar-refractivity contribution in [3.63, 3.8) is 0 Å². The van der Waals surface area contributed by atoms with Gasteiger partial charge in [-0.1, -0.05) is 43.2 Å². The second-order valence-electron chi connectivity index (χ2n) is 4.20. The number of anilines is 1. The van der Waals surface area contributed by atoms with Gasteiger partial charge in [-0.3, -0.25) is 0 Å². The summed E-state index contributed by atoms with van der Waals surface area (Å²) >= 11 is 0. The molecule has 1 aromatic rings. The van der Waals surface area contributed by atoms with E-state index in [2.05, 4.69) is 48.3 Å². The van der Waals surface area contributed by atoms with Gasteiger partial charge in [0.1, 0.15) is 6.34 Å². The number of nitrogens with zero attached hydrogens (tertiary/aromatic N) is 1. The molecule has 0 spiro atoms. The van der Waals surface area contributed by atoms with Gasteiger partial charge < -0.3 is 22.3 Å². The molecule has 0 radical (unpaired) electrons. The summed E-state index contributed by atoms with van der Waals surface area (Å²) in [5.74, 6) is 0. The van der Waals surface area contributed by atoms with Gasteiger partial charge in [0.25, 0.3) is 0 Å². The molecule has 1 heterocycles. The largest absolute Gasteiger partial charge is 1.00 e. The molecule has 0 unspecified atom stereocenters. The Bertz CT molecular complexity index is 363. The van der Waals surface area contributed by atoms with Crippen LogP contribution < -0.4 is 17.7 Å². The predicted molar refractivity (Wildman–Crippen MR) is 63.8 cm³/mol. The van der Waals surface area contributed by atoms with Crippen LogP contribution in [-0.4, -0.2) is 24.0 Å². The first-order valence-corrected chi connectivity index (χ1v) is 5.60. The van der Waals surface area contributed by atoms with Crippen molar-refractivity contribution in [2.75, 3.05) is 18.4 Å². The van der Waals surface area contributed by atoms with Crippen LogP contribution in [0.25, 0.3) is 0 Å². The standard InChI is InChI=1S/C13H18N2.Au.ClH/c1-11-6-5-7-12(2)13(11)14-10-15-8-3-4-9-15;;/h5-7,14H,3-4,8-9H2,1-2H3;;1H/q;+1;/p-1. The molecule has 98 valence electrons. The van der Waals surface area contributed by atoms with Crippen molar-refractivity contribution in [3.8, 4) is 0 Å². The van der Waals surface area contributed by atoms with Crippen LogP contribution in [0.5, 0.6) is 0 Å². The fraction of sp³-hybridized carbons (Fsp3) is 0.462. The minimum Gasteiger partial charge on any atom is -1.00 e. The van der Waals surface area contributed by atoms with E-state index >= 15 is 0 Å². The summed E-state index contributed by atoms with van der Waals surface area (Å²) < 4.78 is 2.23. The normalized spacial score (nSPS) is 13.6. The average molecular weight is 435 g/mol. The van der Waals surface area contributed by atoms with Gasteiger partial charge in [-0.05, 0) is 18.5 Å². The van der Waals surface area contributed by atoms with Crippen molar-refractivity contribution in [1.82, 2.24) is 0 Å². The first kappa shape index (κ1) is 16.7. The number of aryl methyl sites for hydroxylation is 2.